The third-order valence-electron chi connectivity index (χ3n) is 2.72. The molecule has 0 radical (unpaired) electrons. The van der Waals surface area contributed by atoms with Gasteiger partial charge in [0.15, 0.2) is 0 Å². The molecule has 2 N–H and O–H groups in total. The molecular formula is C13H22N2. The van der Waals surface area contributed by atoms with E-state index in [2.05, 4.69) is 44.0 Å². The van der Waals surface area contributed by atoms with Crippen molar-refractivity contribution in [1.82, 2.24) is 0 Å². The largest absolute Gasteiger partial charge is 0.374 e. The zero-order chi connectivity index (χ0) is 11.3. The van der Waals surface area contributed by atoms with Gasteiger partial charge in [0.2, 0.25) is 0 Å². The van der Waals surface area contributed by atoms with Crippen molar-refractivity contribution in [2.24, 2.45) is 5.73 Å². The summed E-state index contributed by atoms with van der Waals surface area (Å²) in [7, 11) is 2.14. The molecule has 15 heavy (non-hydrogen) atoms. The van der Waals surface area contributed by atoms with Crippen molar-refractivity contribution in [3.63, 3.8) is 0 Å². The van der Waals surface area contributed by atoms with Gasteiger partial charge in [-0.1, -0.05) is 25.5 Å². The molecule has 2 heteroatoms. The zero-order valence-electron chi connectivity index (χ0n) is 10.1. The monoisotopic (exact) mass is 206 g/mol. The number of benzene rings is 1. The van der Waals surface area contributed by atoms with Crippen LogP contribution in [0.3, 0.4) is 0 Å². The molecule has 0 aliphatic rings. The summed E-state index contributed by atoms with van der Waals surface area (Å²) < 4.78 is 0. The Bertz CT molecular complexity index is 307. The Kier molecular flexibility index (Phi) is 4.63. The lowest BCUT2D eigenvalue weighted by atomic mass is 10.1. The SMILES string of the molecule is CCCCN(C)c1cc(C)ccc1CN. The number of unbranched alkanes of at least 4 members (excludes halogenated alkanes) is 1. The van der Waals surface area contributed by atoms with Crippen LogP contribution in [0.1, 0.15) is 30.9 Å². The Morgan fingerprint density at radius 1 is 1.33 bits per heavy atom. The molecule has 0 amide bonds. The molecule has 0 bridgehead atoms. The summed E-state index contributed by atoms with van der Waals surface area (Å²) in [6.07, 6.45) is 2.46. The summed E-state index contributed by atoms with van der Waals surface area (Å²) in [4.78, 5) is 2.30. The van der Waals surface area contributed by atoms with E-state index in [9.17, 15) is 0 Å². The van der Waals surface area contributed by atoms with Crippen molar-refractivity contribution in [2.45, 2.75) is 33.2 Å². The molecule has 0 unspecified atom stereocenters. The molecule has 0 spiro atoms. The number of hydrogen-bond donors (Lipinski definition) is 1. The van der Waals surface area contributed by atoms with Gasteiger partial charge in [0.25, 0.3) is 0 Å². The number of nitrogens with two attached hydrogens (primary N) is 1. The fraction of sp³-hybridized carbons (Fsp3) is 0.538. The van der Waals surface area contributed by atoms with Gasteiger partial charge in [0, 0.05) is 25.8 Å². The van der Waals surface area contributed by atoms with Crippen molar-refractivity contribution in [3.8, 4) is 0 Å². The van der Waals surface area contributed by atoms with E-state index in [-0.39, 0.29) is 0 Å². The summed E-state index contributed by atoms with van der Waals surface area (Å²) in [6, 6.07) is 6.48. The Morgan fingerprint density at radius 2 is 2.07 bits per heavy atom. The van der Waals surface area contributed by atoms with E-state index in [4.69, 9.17) is 5.73 Å². The fourth-order valence-electron chi connectivity index (χ4n) is 1.72. The fourth-order valence-corrected chi connectivity index (χ4v) is 1.72. The number of hydrogen-bond acceptors (Lipinski definition) is 2. The van der Waals surface area contributed by atoms with Gasteiger partial charge >= 0.3 is 0 Å². The van der Waals surface area contributed by atoms with Gasteiger partial charge in [-0.2, -0.15) is 0 Å². The van der Waals surface area contributed by atoms with Gasteiger partial charge in [-0.3, -0.25) is 0 Å². The Morgan fingerprint density at radius 3 is 2.67 bits per heavy atom. The smallest absolute Gasteiger partial charge is 0.0411 e. The van der Waals surface area contributed by atoms with Crippen LogP contribution in [0.15, 0.2) is 18.2 Å². The maximum atomic E-state index is 5.74. The summed E-state index contributed by atoms with van der Waals surface area (Å²) in [5.74, 6) is 0. The quantitative estimate of drug-likeness (QED) is 0.802. The van der Waals surface area contributed by atoms with Crippen LogP contribution < -0.4 is 10.6 Å². The second kappa shape index (κ2) is 5.76. The predicted octanol–water partition coefficient (Wildman–Crippen LogP) is 2.69. The molecule has 1 aromatic carbocycles. The Balaban J connectivity index is 2.85. The minimum Gasteiger partial charge on any atom is -0.374 e. The second-order valence-corrected chi connectivity index (χ2v) is 4.11. The van der Waals surface area contributed by atoms with Crippen LogP contribution >= 0.6 is 0 Å². The van der Waals surface area contributed by atoms with E-state index in [1.165, 1.54) is 29.7 Å². The van der Waals surface area contributed by atoms with Gasteiger partial charge in [-0.15, -0.1) is 0 Å². The van der Waals surface area contributed by atoms with Gasteiger partial charge in [-0.05, 0) is 30.5 Å². The van der Waals surface area contributed by atoms with Crippen molar-refractivity contribution < 1.29 is 0 Å². The molecular weight excluding hydrogens is 184 g/mol. The summed E-state index contributed by atoms with van der Waals surface area (Å²) in [5, 5.41) is 0. The lowest BCUT2D eigenvalue weighted by Crippen LogP contribution is -2.20. The van der Waals surface area contributed by atoms with Gasteiger partial charge in [-0.25, -0.2) is 0 Å². The second-order valence-electron chi connectivity index (χ2n) is 4.11. The first-order valence-electron chi connectivity index (χ1n) is 5.69. The molecule has 1 aromatic rings. The molecule has 0 aromatic heterocycles. The average molecular weight is 206 g/mol. The van der Waals surface area contributed by atoms with Crippen LogP contribution in [-0.2, 0) is 6.54 Å². The van der Waals surface area contributed by atoms with Crippen LogP contribution in [0.4, 0.5) is 5.69 Å². The maximum Gasteiger partial charge on any atom is 0.0411 e. The maximum absolute atomic E-state index is 5.74. The van der Waals surface area contributed by atoms with Gasteiger partial charge in [0.1, 0.15) is 0 Å². The molecule has 0 aliphatic carbocycles. The zero-order valence-corrected chi connectivity index (χ0v) is 10.1. The van der Waals surface area contributed by atoms with Crippen molar-refractivity contribution in [1.29, 1.82) is 0 Å². The topological polar surface area (TPSA) is 29.3 Å². The highest BCUT2D eigenvalue weighted by Gasteiger charge is 2.05. The molecule has 0 atom stereocenters. The highest BCUT2D eigenvalue weighted by atomic mass is 15.1. The molecule has 2 nitrogen and oxygen atoms in total. The average Bonchev–Trinajstić information content (AvgIpc) is 2.25. The molecule has 84 valence electrons. The van der Waals surface area contributed by atoms with E-state index in [1.54, 1.807) is 0 Å². The summed E-state index contributed by atoms with van der Waals surface area (Å²) >= 11 is 0. The molecule has 0 heterocycles. The van der Waals surface area contributed by atoms with Crippen molar-refractivity contribution >= 4 is 5.69 Å². The summed E-state index contributed by atoms with van der Waals surface area (Å²) in [6.45, 7) is 6.06. The standard InChI is InChI=1S/C13H22N2/c1-4-5-8-15(3)13-9-11(2)6-7-12(13)10-14/h6-7,9H,4-5,8,10,14H2,1-3H3. The molecule has 0 saturated heterocycles. The molecule has 0 aliphatic heterocycles. The minimum absolute atomic E-state index is 0.617. The van der Waals surface area contributed by atoms with Gasteiger partial charge < -0.3 is 10.6 Å². The number of nitrogens with zero attached hydrogens (tertiary/aromatic N) is 1. The first-order valence-corrected chi connectivity index (χ1v) is 5.69. The van der Waals surface area contributed by atoms with Crippen LogP contribution in [0, 0.1) is 6.92 Å². The predicted molar refractivity (Wildman–Crippen MR) is 67.2 cm³/mol. The third-order valence-corrected chi connectivity index (χ3v) is 2.72. The van der Waals surface area contributed by atoms with E-state index >= 15 is 0 Å². The van der Waals surface area contributed by atoms with Crippen LogP contribution in [-0.4, -0.2) is 13.6 Å². The van der Waals surface area contributed by atoms with Crippen molar-refractivity contribution in [2.75, 3.05) is 18.5 Å². The number of rotatable bonds is 5. The minimum atomic E-state index is 0.617. The van der Waals surface area contributed by atoms with E-state index < -0.39 is 0 Å². The van der Waals surface area contributed by atoms with Crippen LogP contribution in [0.25, 0.3) is 0 Å². The lowest BCUT2D eigenvalue weighted by Gasteiger charge is -2.22. The Hall–Kier alpha value is -1.02. The highest BCUT2D eigenvalue weighted by molar-refractivity contribution is 5.54. The molecule has 0 saturated carbocycles. The first kappa shape index (κ1) is 12.1. The molecule has 1 rings (SSSR count). The summed E-state index contributed by atoms with van der Waals surface area (Å²) in [5.41, 5.74) is 9.56. The normalized spacial score (nSPS) is 10.4. The van der Waals surface area contributed by atoms with E-state index in [0.29, 0.717) is 6.54 Å². The van der Waals surface area contributed by atoms with Crippen LogP contribution in [0.5, 0.6) is 0 Å². The third kappa shape index (κ3) is 3.24. The Labute approximate surface area is 93.1 Å². The number of anilines is 1. The van der Waals surface area contributed by atoms with E-state index in [0.717, 1.165) is 6.54 Å². The highest BCUT2D eigenvalue weighted by Crippen LogP contribution is 2.21. The van der Waals surface area contributed by atoms with E-state index in [1.807, 2.05) is 0 Å². The van der Waals surface area contributed by atoms with Crippen LogP contribution in [0.2, 0.25) is 0 Å². The molecule has 0 fully saturated rings. The van der Waals surface area contributed by atoms with Gasteiger partial charge in [0.05, 0.1) is 0 Å². The lowest BCUT2D eigenvalue weighted by molar-refractivity contribution is 0.763. The first-order chi connectivity index (χ1) is 7.19. The number of aryl methyl sites for hydroxylation is 1. The van der Waals surface area contributed by atoms with Crippen molar-refractivity contribution in [3.05, 3.63) is 29.3 Å².